The number of halogens is 1. The molecule has 1 rings (SSSR count). The SMILES string of the molecule is CC(=O)/C=C/C=C(\Br)N(C)c1ccccc1. The molecule has 0 saturated carbocycles. The molecule has 0 radical (unpaired) electrons. The number of hydrogen-bond acceptors (Lipinski definition) is 2. The molecule has 0 N–H and O–H groups in total. The number of allylic oxidation sites excluding steroid dienone is 3. The summed E-state index contributed by atoms with van der Waals surface area (Å²) in [6.07, 6.45) is 5.10. The molecule has 0 aliphatic rings. The van der Waals surface area contributed by atoms with E-state index < -0.39 is 0 Å². The van der Waals surface area contributed by atoms with Crippen molar-refractivity contribution in [2.24, 2.45) is 0 Å². The fourth-order valence-electron chi connectivity index (χ4n) is 1.15. The van der Waals surface area contributed by atoms with Crippen LogP contribution in [0.5, 0.6) is 0 Å². The molecule has 0 aromatic heterocycles. The number of ketones is 1. The molecular weight excluding hydrogens is 266 g/mol. The van der Waals surface area contributed by atoms with E-state index in [4.69, 9.17) is 0 Å². The van der Waals surface area contributed by atoms with Gasteiger partial charge >= 0.3 is 0 Å². The van der Waals surface area contributed by atoms with Crippen molar-refractivity contribution in [3.8, 4) is 0 Å². The largest absolute Gasteiger partial charge is 0.339 e. The molecule has 2 nitrogen and oxygen atoms in total. The second kappa shape index (κ2) is 6.28. The van der Waals surface area contributed by atoms with Gasteiger partial charge in [0, 0.05) is 12.7 Å². The topological polar surface area (TPSA) is 20.3 Å². The standard InChI is InChI=1S/C13H14BrNO/c1-11(16)7-6-10-13(14)15(2)12-8-4-3-5-9-12/h3-10H,1-2H3/b7-6+,13-10+. The Kier molecular flexibility index (Phi) is 4.99. The summed E-state index contributed by atoms with van der Waals surface area (Å²) in [6.45, 7) is 1.53. The van der Waals surface area contributed by atoms with E-state index in [0.29, 0.717) is 0 Å². The minimum atomic E-state index is 0.0407. The molecule has 0 fully saturated rings. The lowest BCUT2D eigenvalue weighted by Gasteiger charge is -2.17. The predicted molar refractivity (Wildman–Crippen MR) is 71.7 cm³/mol. The van der Waals surface area contributed by atoms with Gasteiger partial charge in [-0.1, -0.05) is 24.3 Å². The summed E-state index contributed by atoms with van der Waals surface area (Å²) in [5, 5.41) is 0. The van der Waals surface area contributed by atoms with Crippen LogP contribution in [0.25, 0.3) is 0 Å². The number of hydrogen-bond donors (Lipinski definition) is 0. The summed E-state index contributed by atoms with van der Waals surface area (Å²) in [5.41, 5.74) is 1.09. The third-order valence-electron chi connectivity index (χ3n) is 2.03. The molecule has 3 heteroatoms. The van der Waals surface area contributed by atoms with Crippen molar-refractivity contribution in [3.05, 3.63) is 53.2 Å². The number of carbonyl (C=O) groups excluding carboxylic acids is 1. The molecule has 0 aliphatic heterocycles. The highest BCUT2D eigenvalue weighted by atomic mass is 79.9. The van der Waals surface area contributed by atoms with E-state index in [-0.39, 0.29) is 5.78 Å². The van der Waals surface area contributed by atoms with Gasteiger partial charge in [-0.25, -0.2) is 0 Å². The quantitative estimate of drug-likeness (QED) is 0.478. The average Bonchev–Trinajstić information content (AvgIpc) is 2.28. The van der Waals surface area contributed by atoms with Crippen molar-refractivity contribution >= 4 is 27.4 Å². The van der Waals surface area contributed by atoms with E-state index >= 15 is 0 Å². The minimum absolute atomic E-state index is 0.0407. The first-order valence-electron chi connectivity index (χ1n) is 4.94. The van der Waals surface area contributed by atoms with Crippen molar-refractivity contribution in [1.82, 2.24) is 0 Å². The fraction of sp³-hybridized carbons (Fsp3) is 0.154. The predicted octanol–water partition coefficient (Wildman–Crippen LogP) is 3.50. The van der Waals surface area contributed by atoms with E-state index in [1.807, 2.05) is 48.4 Å². The van der Waals surface area contributed by atoms with Gasteiger partial charge in [-0.05, 0) is 47.1 Å². The Hall–Kier alpha value is -1.35. The van der Waals surface area contributed by atoms with Gasteiger partial charge in [-0.15, -0.1) is 0 Å². The molecule has 0 atom stereocenters. The zero-order valence-electron chi connectivity index (χ0n) is 9.35. The van der Waals surface area contributed by atoms with Crippen molar-refractivity contribution in [2.75, 3.05) is 11.9 Å². The molecule has 0 spiro atoms. The van der Waals surface area contributed by atoms with E-state index in [9.17, 15) is 4.79 Å². The van der Waals surface area contributed by atoms with Gasteiger partial charge in [-0.2, -0.15) is 0 Å². The maximum atomic E-state index is 10.7. The molecule has 1 aromatic carbocycles. The van der Waals surface area contributed by atoms with Gasteiger partial charge < -0.3 is 4.90 Å². The van der Waals surface area contributed by atoms with Gasteiger partial charge in [0.2, 0.25) is 0 Å². The first kappa shape index (κ1) is 12.7. The number of para-hydroxylation sites is 1. The third-order valence-corrected chi connectivity index (χ3v) is 2.82. The molecule has 0 unspecified atom stereocenters. The Morgan fingerprint density at radius 1 is 1.31 bits per heavy atom. The van der Waals surface area contributed by atoms with Crippen molar-refractivity contribution in [3.63, 3.8) is 0 Å². The molecule has 0 aliphatic carbocycles. The second-order valence-electron chi connectivity index (χ2n) is 3.35. The molecular formula is C13H14BrNO. The number of rotatable bonds is 4. The zero-order chi connectivity index (χ0) is 12.0. The maximum absolute atomic E-state index is 10.7. The minimum Gasteiger partial charge on any atom is -0.339 e. The highest BCUT2D eigenvalue weighted by Gasteiger charge is 2.01. The molecule has 0 amide bonds. The van der Waals surface area contributed by atoms with Crippen molar-refractivity contribution in [1.29, 1.82) is 0 Å². The highest BCUT2D eigenvalue weighted by molar-refractivity contribution is 9.11. The molecule has 0 bridgehead atoms. The van der Waals surface area contributed by atoms with Gasteiger partial charge in [0.05, 0.1) is 4.61 Å². The average molecular weight is 280 g/mol. The lowest BCUT2D eigenvalue weighted by atomic mass is 10.3. The molecule has 1 aromatic rings. The van der Waals surface area contributed by atoms with Gasteiger partial charge in [0.25, 0.3) is 0 Å². The number of benzene rings is 1. The number of carbonyl (C=O) groups is 1. The smallest absolute Gasteiger partial charge is 0.152 e. The molecule has 0 saturated heterocycles. The van der Waals surface area contributed by atoms with E-state index in [1.54, 1.807) is 6.08 Å². The van der Waals surface area contributed by atoms with Crippen LogP contribution in [-0.2, 0) is 4.79 Å². The van der Waals surface area contributed by atoms with Gasteiger partial charge in [0.15, 0.2) is 5.78 Å². The Labute approximate surface area is 104 Å². The van der Waals surface area contributed by atoms with E-state index in [1.165, 1.54) is 13.0 Å². The van der Waals surface area contributed by atoms with Crippen LogP contribution in [0.4, 0.5) is 5.69 Å². The van der Waals surface area contributed by atoms with Crippen LogP contribution in [0.3, 0.4) is 0 Å². The van der Waals surface area contributed by atoms with Crippen LogP contribution in [0.1, 0.15) is 6.92 Å². The summed E-state index contributed by atoms with van der Waals surface area (Å²) in [6, 6.07) is 9.98. The first-order chi connectivity index (χ1) is 7.61. The molecule has 84 valence electrons. The molecule has 0 heterocycles. The number of anilines is 1. The lowest BCUT2D eigenvalue weighted by molar-refractivity contribution is -0.112. The summed E-state index contributed by atoms with van der Waals surface area (Å²) in [7, 11) is 1.96. The lowest BCUT2D eigenvalue weighted by Crippen LogP contribution is -2.11. The normalized spacial score (nSPS) is 11.8. The summed E-state index contributed by atoms with van der Waals surface area (Å²) < 4.78 is 0.899. The first-order valence-corrected chi connectivity index (χ1v) is 5.74. The molecule has 16 heavy (non-hydrogen) atoms. The Balaban J connectivity index is 2.75. The van der Waals surface area contributed by atoms with E-state index in [0.717, 1.165) is 10.3 Å². The van der Waals surface area contributed by atoms with Crippen LogP contribution < -0.4 is 4.90 Å². The fourth-order valence-corrected chi connectivity index (χ4v) is 1.51. The van der Waals surface area contributed by atoms with Crippen LogP contribution in [-0.4, -0.2) is 12.8 Å². The van der Waals surface area contributed by atoms with E-state index in [2.05, 4.69) is 15.9 Å². The van der Waals surface area contributed by atoms with Crippen molar-refractivity contribution in [2.45, 2.75) is 6.92 Å². The Bertz CT molecular complexity index is 409. The van der Waals surface area contributed by atoms with Crippen LogP contribution in [0, 0.1) is 0 Å². The monoisotopic (exact) mass is 279 g/mol. The van der Waals surface area contributed by atoms with Crippen LogP contribution in [0.2, 0.25) is 0 Å². The third kappa shape index (κ3) is 4.03. The summed E-state index contributed by atoms with van der Waals surface area (Å²) >= 11 is 3.45. The van der Waals surface area contributed by atoms with Gasteiger partial charge in [0.1, 0.15) is 0 Å². The second-order valence-corrected chi connectivity index (χ2v) is 4.17. The number of nitrogens with zero attached hydrogens (tertiary/aromatic N) is 1. The maximum Gasteiger partial charge on any atom is 0.152 e. The van der Waals surface area contributed by atoms with Crippen molar-refractivity contribution < 1.29 is 4.79 Å². The summed E-state index contributed by atoms with van der Waals surface area (Å²) in [4.78, 5) is 12.7. The van der Waals surface area contributed by atoms with Gasteiger partial charge in [-0.3, -0.25) is 4.79 Å². The highest BCUT2D eigenvalue weighted by Crippen LogP contribution is 2.20. The zero-order valence-corrected chi connectivity index (χ0v) is 10.9. The summed E-state index contributed by atoms with van der Waals surface area (Å²) in [5.74, 6) is 0.0407. The Morgan fingerprint density at radius 3 is 2.50 bits per heavy atom. The Morgan fingerprint density at radius 2 is 1.94 bits per heavy atom. The van der Waals surface area contributed by atoms with Crippen LogP contribution in [0.15, 0.2) is 53.2 Å². The van der Waals surface area contributed by atoms with Crippen LogP contribution >= 0.6 is 15.9 Å².